The van der Waals surface area contributed by atoms with E-state index in [9.17, 15) is 17.6 Å². The minimum absolute atomic E-state index is 0.0958. The van der Waals surface area contributed by atoms with E-state index in [0.29, 0.717) is 12.4 Å². The monoisotopic (exact) mass is 339 g/mol. The van der Waals surface area contributed by atoms with Crippen molar-refractivity contribution < 1.29 is 27.4 Å². The third-order valence-electron chi connectivity index (χ3n) is 2.92. The predicted molar refractivity (Wildman–Crippen MR) is 81.8 cm³/mol. The van der Waals surface area contributed by atoms with Crippen LogP contribution in [0.1, 0.15) is 17.3 Å². The lowest BCUT2D eigenvalue weighted by molar-refractivity contribution is 0.0693. The summed E-state index contributed by atoms with van der Waals surface area (Å²) < 4.78 is 45.5. The molecule has 6 nitrogen and oxygen atoms in total. The van der Waals surface area contributed by atoms with Gasteiger partial charge in [-0.1, -0.05) is 6.07 Å². The Morgan fingerprint density at radius 1 is 1.22 bits per heavy atom. The van der Waals surface area contributed by atoms with Crippen LogP contribution in [-0.2, 0) is 10.0 Å². The molecule has 0 radical (unpaired) electrons. The molecule has 0 fully saturated rings. The molecule has 0 bridgehead atoms. The highest BCUT2D eigenvalue weighted by atomic mass is 32.2. The average molecular weight is 339 g/mol. The van der Waals surface area contributed by atoms with Crippen molar-refractivity contribution in [1.29, 1.82) is 0 Å². The Labute approximate surface area is 132 Å². The highest BCUT2D eigenvalue weighted by molar-refractivity contribution is 7.92. The average Bonchev–Trinajstić information content (AvgIpc) is 2.47. The molecule has 2 rings (SSSR count). The molecular weight excluding hydrogens is 325 g/mol. The van der Waals surface area contributed by atoms with Gasteiger partial charge in [0, 0.05) is 0 Å². The number of carbonyl (C=O) groups is 1. The Kier molecular flexibility index (Phi) is 4.85. The third kappa shape index (κ3) is 3.78. The number of anilines is 1. The number of carboxylic acid groups (broad SMARTS) is 1. The van der Waals surface area contributed by atoms with Crippen LogP contribution in [0, 0.1) is 5.82 Å². The third-order valence-corrected chi connectivity index (χ3v) is 4.30. The maximum absolute atomic E-state index is 13.6. The minimum Gasteiger partial charge on any atom is -0.494 e. The van der Waals surface area contributed by atoms with E-state index in [-0.39, 0.29) is 10.6 Å². The number of sulfonamides is 1. The van der Waals surface area contributed by atoms with E-state index < -0.39 is 27.4 Å². The first-order valence-corrected chi connectivity index (χ1v) is 8.11. The molecule has 122 valence electrons. The van der Waals surface area contributed by atoms with Crippen LogP contribution >= 0.6 is 0 Å². The highest BCUT2D eigenvalue weighted by Crippen LogP contribution is 2.23. The van der Waals surface area contributed by atoms with Crippen LogP contribution < -0.4 is 9.46 Å². The van der Waals surface area contributed by atoms with Crippen molar-refractivity contribution in [3.63, 3.8) is 0 Å². The van der Waals surface area contributed by atoms with Gasteiger partial charge in [-0.2, -0.15) is 0 Å². The normalized spacial score (nSPS) is 11.0. The van der Waals surface area contributed by atoms with Crippen molar-refractivity contribution in [2.45, 2.75) is 11.8 Å². The number of hydrogen-bond acceptors (Lipinski definition) is 4. The molecular formula is C15H14FNO5S. The van der Waals surface area contributed by atoms with E-state index in [2.05, 4.69) is 4.72 Å². The zero-order valence-corrected chi connectivity index (χ0v) is 12.9. The molecule has 0 saturated carbocycles. The zero-order chi connectivity index (χ0) is 17.0. The van der Waals surface area contributed by atoms with Gasteiger partial charge in [-0.15, -0.1) is 0 Å². The van der Waals surface area contributed by atoms with Crippen LogP contribution in [0.15, 0.2) is 47.4 Å². The molecule has 2 aromatic rings. The zero-order valence-electron chi connectivity index (χ0n) is 12.1. The summed E-state index contributed by atoms with van der Waals surface area (Å²) in [5, 5.41) is 9.02. The Morgan fingerprint density at radius 3 is 2.43 bits per heavy atom. The minimum atomic E-state index is -4.05. The molecule has 0 atom stereocenters. The van der Waals surface area contributed by atoms with Crippen LogP contribution in [0.2, 0.25) is 0 Å². The standard InChI is InChI=1S/C15H14FNO5S/c1-2-22-10-6-8-11(9-7-10)23(20,21)17-13-5-3-4-12(16)14(13)15(18)19/h3-9,17H,2H2,1H3,(H,18,19). The van der Waals surface area contributed by atoms with Crippen molar-refractivity contribution in [1.82, 2.24) is 0 Å². The summed E-state index contributed by atoms with van der Waals surface area (Å²) in [7, 11) is -4.05. The van der Waals surface area contributed by atoms with Gasteiger partial charge in [0.25, 0.3) is 10.0 Å². The summed E-state index contributed by atoms with van der Waals surface area (Å²) in [6, 6.07) is 8.91. The summed E-state index contributed by atoms with van der Waals surface area (Å²) in [6.07, 6.45) is 0. The van der Waals surface area contributed by atoms with E-state index in [1.54, 1.807) is 6.92 Å². The molecule has 2 N–H and O–H groups in total. The number of benzene rings is 2. The van der Waals surface area contributed by atoms with Crippen LogP contribution in [-0.4, -0.2) is 26.1 Å². The summed E-state index contributed by atoms with van der Waals surface area (Å²) in [4.78, 5) is 11.0. The maximum Gasteiger partial charge on any atom is 0.340 e. The number of halogens is 1. The van der Waals surface area contributed by atoms with Gasteiger partial charge in [-0.05, 0) is 43.3 Å². The van der Waals surface area contributed by atoms with Gasteiger partial charge >= 0.3 is 5.97 Å². The first-order chi connectivity index (χ1) is 10.8. The number of aromatic carboxylic acids is 1. The van der Waals surface area contributed by atoms with E-state index in [0.717, 1.165) is 6.07 Å². The molecule has 0 amide bonds. The lowest BCUT2D eigenvalue weighted by Gasteiger charge is -2.11. The Morgan fingerprint density at radius 2 is 1.87 bits per heavy atom. The smallest absolute Gasteiger partial charge is 0.340 e. The lowest BCUT2D eigenvalue weighted by atomic mass is 10.2. The molecule has 0 aliphatic heterocycles. The largest absolute Gasteiger partial charge is 0.494 e. The van der Waals surface area contributed by atoms with Gasteiger partial charge < -0.3 is 9.84 Å². The van der Waals surface area contributed by atoms with E-state index in [1.165, 1.54) is 36.4 Å². The van der Waals surface area contributed by atoms with Gasteiger partial charge in [-0.3, -0.25) is 4.72 Å². The second-order valence-corrected chi connectivity index (χ2v) is 6.16. The Balaban J connectivity index is 2.35. The molecule has 8 heteroatoms. The molecule has 0 unspecified atom stereocenters. The number of nitrogens with one attached hydrogen (secondary N) is 1. The summed E-state index contributed by atoms with van der Waals surface area (Å²) in [5.41, 5.74) is -1.08. The van der Waals surface area contributed by atoms with E-state index >= 15 is 0 Å². The predicted octanol–water partition coefficient (Wildman–Crippen LogP) is 2.72. The van der Waals surface area contributed by atoms with Crippen LogP contribution in [0.4, 0.5) is 10.1 Å². The van der Waals surface area contributed by atoms with Gasteiger partial charge in [0.2, 0.25) is 0 Å². The fourth-order valence-electron chi connectivity index (χ4n) is 1.91. The van der Waals surface area contributed by atoms with Crippen molar-refractivity contribution in [2.75, 3.05) is 11.3 Å². The Bertz CT molecular complexity index is 818. The Hall–Kier alpha value is -2.61. The van der Waals surface area contributed by atoms with Gasteiger partial charge in [0.15, 0.2) is 0 Å². The van der Waals surface area contributed by atoms with Crippen molar-refractivity contribution in [3.8, 4) is 5.75 Å². The fourth-order valence-corrected chi connectivity index (χ4v) is 2.98. The van der Waals surface area contributed by atoms with Gasteiger partial charge in [0.1, 0.15) is 17.1 Å². The van der Waals surface area contributed by atoms with Crippen LogP contribution in [0.25, 0.3) is 0 Å². The topological polar surface area (TPSA) is 92.7 Å². The number of carboxylic acids is 1. The molecule has 23 heavy (non-hydrogen) atoms. The lowest BCUT2D eigenvalue weighted by Crippen LogP contribution is -2.16. The molecule has 0 aromatic heterocycles. The first kappa shape index (κ1) is 16.8. The second kappa shape index (κ2) is 6.66. The first-order valence-electron chi connectivity index (χ1n) is 6.62. The van der Waals surface area contributed by atoms with Crippen molar-refractivity contribution in [2.24, 2.45) is 0 Å². The van der Waals surface area contributed by atoms with Gasteiger partial charge in [0.05, 0.1) is 17.2 Å². The molecule has 0 aliphatic rings. The highest BCUT2D eigenvalue weighted by Gasteiger charge is 2.21. The maximum atomic E-state index is 13.6. The van der Waals surface area contributed by atoms with E-state index in [1.807, 2.05) is 0 Å². The van der Waals surface area contributed by atoms with Crippen LogP contribution in [0.3, 0.4) is 0 Å². The number of ether oxygens (including phenoxy) is 1. The number of hydrogen-bond donors (Lipinski definition) is 2. The molecule has 0 saturated heterocycles. The summed E-state index contributed by atoms with van der Waals surface area (Å²) in [6.45, 7) is 2.24. The quantitative estimate of drug-likeness (QED) is 0.844. The summed E-state index contributed by atoms with van der Waals surface area (Å²) in [5.74, 6) is -2.08. The van der Waals surface area contributed by atoms with Crippen LogP contribution in [0.5, 0.6) is 5.75 Å². The second-order valence-electron chi connectivity index (χ2n) is 4.48. The number of rotatable bonds is 6. The SMILES string of the molecule is CCOc1ccc(S(=O)(=O)Nc2cccc(F)c2C(=O)O)cc1. The van der Waals surface area contributed by atoms with Crippen molar-refractivity contribution in [3.05, 3.63) is 53.8 Å². The van der Waals surface area contributed by atoms with Gasteiger partial charge in [-0.25, -0.2) is 17.6 Å². The summed E-state index contributed by atoms with van der Waals surface area (Å²) >= 11 is 0. The molecule has 0 spiro atoms. The van der Waals surface area contributed by atoms with Crippen molar-refractivity contribution >= 4 is 21.7 Å². The molecule has 0 aliphatic carbocycles. The molecule has 2 aromatic carbocycles. The van der Waals surface area contributed by atoms with E-state index in [4.69, 9.17) is 9.84 Å². The fraction of sp³-hybridized carbons (Fsp3) is 0.133. The molecule has 0 heterocycles.